The normalized spacial score (nSPS) is 23.0. The van der Waals surface area contributed by atoms with Crippen molar-refractivity contribution in [2.45, 2.75) is 50.7 Å². The molecule has 112 valence electrons. The van der Waals surface area contributed by atoms with Gasteiger partial charge >= 0.3 is 5.97 Å². The highest BCUT2D eigenvalue weighted by Crippen LogP contribution is 2.19. The quantitative estimate of drug-likeness (QED) is 0.699. The molecule has 2 aliphatic rings. The van der Waals surface area contributed by atoms with Crippen LogP contribution in [-0.4, -0.2) is 48.1 Å². The van der Waals surface area contributed by atoms with E-state index in [1.807, 2.05) is 0 Å². The third-order valence-corrected chi connectivity index (χ3v) is 3.52. The van der Waals surface area contributed by atoms with Gasteiger partial charge in [-0.05, 0) is 12.8 Å². The minimum atomic E-state index is -1.15. The van der Waals surface area contributed by atoms with Gasteiger partial charge in [0, 0.05) is 13.0 Å². The number of ether oxygens (including phenoxy) is 1. The zero-order chi connectivity index (χ0) is 14.4. The van der Waals surface area contributed by atoms with Crippen molar-refractivity contribution in [3.63, 3.8) is 0 Å². The van der Waals surface area contributed by atoms with Crippen LogP contribution in [0.5, 0.6) is 0 Å². The molecule has 0 aromatic heterocycles. The van der Waals surface area contributed by atoms with Gasteiger partial charge in [0.1, 0.15) is 0 Å². The molecule has 1 unspecified atom stereocenters. The fraction of sp³-hybridized carbons (Fsp3) is 0.769. The van der Waals surface area contributed by atoms with Crippen LogP contribution in [0.1, 0.15) is 38.5 Å². The van der Waals surface area contributed by atoms with Gasteiger partial charge in [-0.2, -0.15) is 0 Å². The molecule has 1 heterocycles. The number of carbonyl (C=O) groups excluding carboxylic acids is 1. The Morgan fingerprint density at radius 2 is 2.10 bits per heavy atom. The molecule has 0 saturated heterocycles. The molecule has 20 heavy (non-hydrogen) atoms. The highest BCUT2D eigenvalue weighted by atomic mass is 16.6. The molecular formula is C13H20N2O5. The second-order valence-corrected chi connectivity index (χ2v) is 5.06. The first-order valence-electron chi connectivity index (χ1n) is 7.02. The van der Waals surface area contributed by atoms with E-state index in [1.54, 1.807) is 0 Å². The van der Waals surface area contributed by atoms with E-state index in [0.29, 0.717) is 19.3 Å². The summed E-state index contributed by atoms with van der Waals surface area (Å²) in [6, 6.07) is 0. The van der Waals surface area contributed by atoms with E-state index in [-0.39, 0.29) is 18.0 Å². The monoisotopic (exact) mass is 284 g/mol. The average molecular weight is 284 g/mol. The molecule has 1 amide bonds. The van der Waals surface area contributed by atoms with E-state index in [2.05, 4.69) is 10.5 Å². The molecule has 1 saturated carbocycles. The zero-order valence-electron chi connectivity index (χ0n) is 11.3. The first-order chi connectivity index (χ1) is 9.66. The summed E-state index contributed by atoms with van der Waals surface area (Å²) >= 11 is 0. The molecule has 1 atom stereocenters. The predicted octanol–water partition coefficient (Wildman–Crippen LogP) is 0.681. The number of aliphatic carboxylic acids is 1. The highest BCUT2D eigenvalue weighted by molar-refractivity contribution is 6.36. The Labute approximate surface area is 117 Å². The maximum atomic E-state index is 11.7. The fourth-order valence-corrected chi connectivity index (χ4v) is 2.39. The van der Waals surface area contributed by atoms with Gasteiger partial charge in [-0.15, -0.1) is 0 Å². The summed E-state index contributed by atoms with van der Waals surface area (Å²) in [5.74, 6) is -1.50. The van der Waals surface area contributed by atoms with Crippen molar-refractivity contribution >= 4 is 17.6 Å². The Kier molecular flexibility index (Phi) is 5.34. The molecule has 7 nitrogen and oxygen atoms in total. The first-order valence-corrected chi connectivity index (χ1v) is 7.02. The number of carbonyl (C=O) groups is 2. The van der Waals surface area contributed by atoms with Crippen LogP contribution in [0, 0.1) is 0 Å². The number of rotatable bonds is 6. The number of carboxylic acid groups (broad SMARTS) is 1. The standard InChI is InChI=1S/C13H20N2O5/c16-12(11-8-10(13(17)18)15-20-11)14-6-7-19-9-4-2-1-3-5-9/h9,11H,1-8H2,(H,14,16)(H,17,18). The molecule has 0 aromatic carbocycles. The Morgan fingerprint density at radius 3 is 2.75 bits per heavy atom. The van der Waals surface area contributed by atoms with Crippen LogP contribution >= 0.6 is 0 Å². The molecule has 1 fully saturated rings. The number of hydrogen-bond donors (Lipinski definition) is 2. The van der Waals surface area contributed by atoms with Gasteiger partial charge in [-0.25, -0.2) is 4.79 Å². The summed E-state index contributed by atoms with van der Waals surface area (Å²) in [6.45, 7) is 0.868. The predicted molar refractivity (Wildman–Crippen MR) is 70.4 cm³/mol. The Hall–Kier alpha value is -1.63. The molecule has 0 bridgehead atoms. The van der Waals surface area contributed by atoms with Crippen molar-refractivity contribution in [3.05, 3.63) is 0 Å². The molecule has 7 heteroatoms. The molecule has 1 aliphatic heterocycles. The number of nitrogens with zero attached hydrogens (tertiary/aromatic N) is 1. The number of oxime groups is 1. The first kappa shape index (κ1) is 14.8. The van der Waals surface area contributed by atoms with Crippen LogP contribution in [0.25, 0.3) is 0 Å². The smallest absolute Gasteiger partial charge is 0.353 e. The maximum absolute atomic E-state index is 11.7. The zero-order valence-corrected chi connectivity index (χ0v) is 11.3. The topological polar surface area (TPSA) is 97.2 Å². The molecule has 0 aromatic rings. The van der Waals surface area contributed by atoms with Crippen molar-refractivity contribution in [2.24, 2.45) is 5.16 Å². The van der Waals surface area contributed by atoms with Crippen molar-refractivity contribution in [2.75, 3.05) is 13.2 Å². The lowest BCUT2D eigenvalue weighted by Crippen LogP contribution is -2.37. The second kappa shape index (κ2) is 7.23. The lowest BCUT2D eigenvalue weighted by molar-refractivity contribution is -0.131. The van der Waals surface area contributed by atoms with E-state index in [4.69, 9.17) is 14.7 Å². The highest BCUT2D eigenvalue weighted by Gasteiger charge is 2.31. The van der Waals surface area contributed by atoms with Gasteiger partial charge in [0.2, 0.25) is 6.10 Å². The summed E-state index contributed by atoms with van der Waals surface area (Å²) in [4.78, 5) is 27.1. The number of carboxylic acids is 1. The molecule has 0 radical (unpaired) electrons. The second-order valence-electron chi connectivity index (χ2n) is 5.06. The molecular weight excluding hydrogens is 264 g/mol. The largest absolute Gasteiger partial charge is 0.477 e. The lowest BCUT2D eigenvalue weighted by atomic mass is 9.98. The van der Waals surface area contributed by atoms with E-state index >= 15 is 0 Å². The van der Waals surface area contributed by atoms with Crippen LogP contribution in [0.4, 0.5) is 0 Å². The van der Waals surface area contributed by atoms with E-state index in [0.717, 1.165) is 12.8 Å². The van der Waals surface area contributed by atoms with Crippen molar-refractivity contribution in [1.29, 1.82) is 0 Å². The maximum Gasteiger partial charge on any atom is 0.353 e. The van der Waals surface area contributed by atoms with Crippen molar-refractivity contribution < 1.29 is 24.3 Å². The average Bonchev–Trinajstić information content (AvgIpc) is 2.94. The van der Waals surface area contributed by atoms with Crippen LogP contribution < -0.4 is 5.32 Å². The Morgan fingerprint density at radius 1 is 1.35 bits per heavy atom. The molecule has 2 rings (SSSR count). The number of nitrogens with one attached hydrogen (secondary N) is 1. The van der Waals surface area contributed by atoms with Crippen LogP contribution in [-0.2, 0) is 19.2 Å². The van der Waals surface area contributed by atoms with Crippen molar-refractivity contribution in [3.8, 4) is 0 Å². The van der Waals surface area contributed by atoms with Gasteiger partial charge in [-0.1, -0.05) is 24.4 Å². The van der Waals surface area contributed by atoms with Gasteiger partial charge in [0.15, 0.2) is 5.71 Å². The van der Waals surface area contributed by atoms with Crippen molar-refractivity contribution in [1.82, 2.24) is 5.32 Å². The summed E-state index contributed by atoms with van der Waals surface area (Å²) in [6.07, 6.45) is 5.36. The number of amides is 1. The Balaban J connectivity index is 1.58. The van der Waals surface area contributed by atoms with Crippen LogP contribution in [0.15, 0.2) is 5.16 Å². The summed E-state index contributed by atoms with van der Waals surface area (Å²) in [5, 5.41) is 14.7. The van der Waals surface area contributed by atoms with Crippen LogP contribution in [0.3, 0.4) is 0 Å². The van der Waals surface area contributed by atoms with Crippen LogP contribution in [0.2, 0.25) is 0 Å². The summed E-state index contributed by atoms with van der Waals surface area (Å²) < 4.78 is 5.68. The summed E-state index contributed by atoms with van der Waals surface area (Å²) in [7, 11) is 0. The summed E-state index contributed by atoms with van der Waals surface area (Å²) in [5.41, 5.74) is -0.122. The molecule has 0 spiro atoms. The van der Waals surface area contributed by atoms with E-state index in [9.17, 15) is 9.59 Å². The number of hydrogen-bond acceptors (Lipinski definition) is 5. The SMILES string of the molecule is O=C(O)C1=NOC(C(=O)NCCOC2CCCCC2)C1. The Bertz CT molecular complexity index is 390. The van der Waals surface area contributed by atoms with Gasteiger partial charge < -0.3 is 20.0 Å². The van der Waals surface area contributed by atoms with E-state index in [1.165, 1.54) is 19.3 Å². The van der Waals surface area contributed by atoms with Gasteiger partial charge in [-0.3, -0.25) is 4.79 Å². The lowest BCUT2D eigenvalue weighted by Gasteiger charge is -2.22. The third kappa shape index (κ3) is 4.19. The molecule has 1 aliphatic carbocycles. The van der Waals surface area contributed by atoms with Gasteiger partial charge in [0.05, 0.1) is 12.7 Å². The fourth-order valence-electron chi connectivity index (χ4n) is 2.39. The minimum absolute atomic E-state index is 0.00461. The van der Waals surface area contributed by atoms with Gasteiger partial charge in [0.25, 0.3) is 5.91 Å². The van der Waals surface area contributed by atoms with E-state index < -0.39 is 12.1 Å². The molecule has 2 N–H and O–H groups in total. The third-order valence-electron chi connectivity index (χ3n) is 3.52. The minimum Gasteiger partial charge on any atom is -0.477 e.